The summed E-state index contributed by atoms with van der Waals surface area (Å²) in [5, 5.41) is 16.1. The first kappa shape index (κ1) is 23.0. The third-order valence-corrected chi connectivity index (χ3v) is 8.50. The van der Waals surface area contributed by atoms with Gasteiger partial charge >= 0.3 is 0 Å². The van der Waals surface area contributed by atoms with Gasteiger partial charge in [0, 0.05) is 28.4 Å². The van der Waals surface area contributed by atoms with E-state index in [1.807, 2.05) is 24.3 Å². The average Bonchev–Trinajstić information content (AvgIpc) is 3.32. The van der Waals surface area contributed by atoms with Crippen LogP contribution in [0.4, 0.5) is 5.82 Å². The fourth-order valence-electron chi connectivity index (χ4n) is 5.74. The highest BCUT2D eigenvalue weighted by molar-refractivity contribution is 6.32. The third-order valence-electron chi connectivity index (χ3n) is 8.17. The normalized spacial score (nSPS) is 29.5. The van der Waals surface area contributed by atoms with Crippen molar-refractivity contribution in [3.63, 3.8) is 0 Å². The van der Waals surface area contributed by atoms with Crippen LogP contribution in [0, 0.1) is 5.92 Å². The number of carbonyl (C=O) groups excluding carboxylic acids is 1. The van der Waals surface area contributed by atoms with Crippen LogP contribution >= 0.6 is 11.6 Å². The standard InChI is InChI=1S/C27H30ClN3O4/c1-27(15-34-14-24(27)32)31-6-4-16(5-7-31)19-9-17-11-25(29-13-18(17)10-22(19)28)30-26(33)21-12-20(21)23-3-2-8-35-23/h2-3,8-11,13,16,20-21,24,32H,4-7,12,14-15H2,1H3,(H,29,30,33). The number of amides is 1. The molecule has 4 atom stereocenters. The number of nitrogens with zero attached hydrogens (tertiary/aromatic N) is 2. The van der Waals surface area contributed by atoms with Gasteiger partial charge in [0.25, 0.3) is 0 Å². The maximum atomic E-state index is 12.7. The zero-order valence-corrected chi connectivity index (χ0v) is 20.5. The van der Waals surface area contributed by atoms with Crippen molar-refractivity contribution in [2.45, 2.75) is 49.7 Å². The molecule has 3 aliphatic rings. The summed E-state index contributed by atoms with van der Waals surface area (Å²) in [5.41, 5.74) is 0.824. The molecule has 7 nitrogen and oxygen atoms in total. The second kappa shape index (κ2) is 8.89. The lowest BCUT2D eigenvalue weighted by Gasteiger charge is -2.43. The fraction of sp³-hybridized carbons (Fsp3) is 0.481. The Morgan fingerprint density at radius 3 is 2.80 bits per heavy atom. The van der Waals surface area contributed by atoms with Crippen LogP contribution in [0.25, 0.3) is 10.8 Å². The van der Waals surface area contributed by atoms with Gasteiger partial charge in [-0.2, -0.15) is 0 Å². The number of pyridine rings is 1. The van der Waals surface area contributed by atoms with Crippen molar-refractivity contribution in [1.82, 2.24) is 9.88 Å². The number of carbonyl (C=O) groups is 1. The molecule has 1 aromatic carbocycles. The van der Waals surface area contributed by atoms with Crippen LogP contribution in [-0.2, 0) is 9.53 Å². The number of aromatic nitrogens is 1. The van der Waals surface area contributed by atoms with Crippen LogP contribution in [0.1, 0.15) is 49.3 Å². The number of likely N-dealkylation sites (tertiary alicyclic amines) is 1. The first-order valence-electron chi connectivity index (χ1n) is 12.4. The van der Waals surface area contributed by atoms with Gasteiger partial charge in [-0.25, -0.2) is 4.98 Å². The quantitative estimate of drug-likeness (QED) is 0.540. The number of rotatable bonds is 5. The Labute approximate surface area is 209 Å². The smallest absolute Gasteiger partial charge is 0.229 e. The fourth-order valence-corrected chi connectivity index (χ4v) is 6.07. The second-order valence-corrected chi connectivity index (χ2v) is 10.8. The minimum atomic E-state index is -0.450. The topological polar surface area (TPSA) is 87.8 Å². The van der Waals surface area contributed by atoms with Crippen LogP contribution in [0.3, 0.4) is 0 Å². The Hall–Kier alpha value is -2.45. The van der Waals surface area contributed by atoms with E-state index in [0.29, 0.717) is 24.9 Å². The highest BCUT2D eigenvalue weighted by Crippen LogP contribution is 2.48. The number of aliphatic hydroxyl groups excluding tert-OH is 1. The Bertz CT molecular complexity index is 1240. The van der Waals surface area contributed by atoms with E-state index in [9.17, 15) is 9.90 Å². The van der Waals surface area contributed by atoms with Gasteiger partial charge in [0.2, 0.25) is 5.91 Å². The SMILES string of the molecule is CC1(N2CCC(c3cc4cc(NC(=O)C5CC5c5ccco5)ncc4cc3Cl)CC2)COCC1O. The number of aliphatic hydroxyl groups is 1. The summed E-state index contributed by atoms with van der Waals surface area (Å²) in [7, 11) is 0. The molecule has 1 amide bonds. The number of halogens is 1. The number of anilines is 1. The second-order valence-electron chi connectivity index (χ2n) is 10.4. The highest BCUT2D eigenvalue weighted by Gasteiger charge is 2.46. The number of piperidine rings is 1. The molecule has 184 valence electrons. The van der Waals surface area contributed by atoms with Crippen molar-refractivity contribution in [1.29, 1.82) is 0 Å². The average molecular weight is 496 g/mol. The molecule has 4 unspecified atom stereocenters. The third kappa shape index (κ3) is 4.25. The molecule has 0 bridgehead atoms. The van der Waals surface area contributed by atoms with E-state index < -0.39 is 6.10 Å². The number of hydrogen-bond acceptors (Lipinski definition) is 6. The molecule has 4 heterocycles. The molecule has 1 aliphatic carbocycles. The maximum absolute atomic E-state index is 12.7. The minimum absolute atomic E-state index is 0.0219. The summed E-state index contributed by atoms with van der Waals surface area (Å²) in [6, 6.07) is 9.83. The molecule has 0 radical (unpaired) electrons. The summed E-state index contributed by atoms with van der Waals surface area (Å²) in [6.45, 7) is 4.86. The molecule has 35 heavy (non-hydrogen) atoms. The zero-order chi connectivity index (χ0) is 24.2. The molecular formula is C27H30ClN3O4. The van der Waals surface area contributed by atoms with Gasteiger partial charge in [0.1, 0.15) is 11.6 Å². The van der Waals surface area contributed by atoms with Crippen molar-refractivity contribution < 1.29 is 19.1 Å². The van der Waals surface area contributed by atoms with E-state index in [2.05, 4.69) is 28.2 Å². The molecular weight excluding hydrogens is 466 g/mol. The zero-order valence-electron chi connectivity index (χ0n) is 19.7. The molecule has 3 fully saturated rings. The van der Waals surface area contributed by atoms with E-state index in [1.54, 1.807) is 12.5 Å². The number of nitrogens with one attached hydrogen (secondary N) is 1. The number of furan rings is 1. The van der Waals surface area contributed by atoms with Crippen molar-refractivity contribution in [2.75, 3.05) is 31.6 Å². The summed E-state index contributed by atoms with van der Waals surface area (Å²) < 4.78 is 11.0. The van der Waals surface area contributed by atoms with E-state index >= 15 is 0 Å². The van der Waals surface area contributed by atoms with Crippen molar-refractivity contribution in [3.8, 4) is 0 Å². The molecule has 6 rings (SSSR count). The van der Waals surface area contributed by atoms with Crippen LogP contribution in [0.5, 0.6) is 0 Å². The Balaban J connectivity index is 1.15. The Kier molecular flexibility index (Phi) is 5.84. The summed E-state index contributed by atoms with van der Waals surface area (Å²) >= 11 is 6.71. The van der Waals surface area contributed by atoms with Crippen LogP contribution in [0.2, 0.25) is 5.02 Å². The predicted molar refractivity (Wildman–Crippen MR) is 134 cm³/mol. The van der Waals surface area contributed by atoms with E-state index in [1.165, 1.54) is 0 Å². The van der Waals surface area contributed by atoms with E-state index in [-0.39, 0.29) is 23.3 Å². The van der Waals surface area contributed by atoms with Crippen molar-refractivity contribution in [3.05, 3.63) is 59.1 Å². The lowest BCUT2D eigenvalue weighted by Crippen LogP contribution is -2.56. The molecule has 1 saturated carbocycles. The van der Waals surface area contributed by atoms with Crippen molar-refractivity contribution in [2.24, 2.45) is 5.92 Å². The van der Waals surface area contributed by atoms with E-state index in [4.69, 9.17) is 20.8 Å². The molecule has 0 spiro atoms. The molecule has 2 aromatic heterocycles. The maximum Gasteiger partial charge on any atom is 0.229 e. The summed E-state index contributed by atoms with van der Waals surface area (Å²) in [4.78, 5) is 19.5. The number of benzene rings is 1. The molecule has 3 aromatic rings. The largest absolute Gasteiger partial charge is 0.469 e. The van der Waals surface area contributed by atoms with Gasteiger partial charge in [-0.15, -0.1) is 0 Å². The van der Waals surface area contributed by atoms with Crippen LogP contribution in [-0.4, -0.2) is 58.8 Å². The van der Waals surface area contributed by atoms with Crippen LogP contribution < -0.4 is 5.32 Å². The number of fused-ring (bicyclic) bond motifs is 1. The first-order chi connectivity index (χ1) is 16.9. The van der Waals surface area contributed by atoms with E-state index in [0.717, 1.165) is 59.5 Å². The van der Waals surface area contributed by atoms with Crippen molar-refractivity contribution >= 4 is 34.1 Å². The summed E-state index contributed by atoms with van der Waals surface area (Å²) in [5.74, 6) is 1.82. The Morgan fingerprint density at radius 2 is 2.09 bits per heavy atom. The van der Waals surface area contributed by atoms with Gasteiger partial charge in [0.05, 0.1) is 31.1 Å². The predicted octanol–water partition coefficient (Wildman–Crippen LogP) is 4.55. The number of ether oxygens (including phenoxy) is 1. The highest BCUT2D eigenvalue weighted by atomic mass is 35.5. The van der Waals surface area contributed by atoms with Gasteiger partial charge < -0.3 is 19.6 Å². The lowest BCUT2D eigenvalue weighted by molar-refractivity contribution is -0.117. The monoisotopic (exact) mass is 495 g/mol. The molecule has 2 saturated heterocycles. The van der Waals surface area contributed by atoms with Crippen LogP contribution in [0.15, 0.2) is 47.2 Å². The summed E-state index contributed by atoms with van der Waals surface area (Å²) in [6.07, 6.45) is 5.70. The first-order valence-corrected chi connectivity index (χ1v) is 12.7. The lowest BCUT2D eigenvalue weighted by atomic mass is 9.85. The molecule has 2 aliphatic heterocycles. The van der Waals surface area contributed by atoms with Gasteiger partial charge in [-0.1, -0.05) is 11.6 Å². The molecule has 2 N–H and O–H groups in total. The minimum Gasteiger partial charge on any atom is -0.469 e. The molecule has 8 heteroatoms. The Morgan fingerprint density at radius 1 is 1.26 bits per heavy atom. The van der Waals surface area contributed by atoms with Gasteiger partial charge in [0.15, 0.2) is 0 Å². The number of hydrogen-bond donors (Lipinski definition) is 2. The van der Waals surface area contributed by atoms with Gasteiger partial charge in [-0.3, -0.25) is 9.69 Å². The van der Waals surface area contributed by atoms with Gasteiger partial charge in [-0.05, 0) is 86.5 Å².